The molecule has 0 amide bonds. The number of nitrogens with zero attached hydrogens (tertiary/aromatic N) is 3. The highest BCUT2D eigenvalue weighted by molar-refractivity contribution is 5.75. The van der Waals surface area contributed by atoms with Gasteiger partial charge in [0.1, 0.15) is 6.04 Å². The van der Waals surface area contributed by atoms with Gasteiger partial charge >= 0.3 is 5.97 Å². The van der Waals surface area contributed by atoms with Gasteiger partial charge in [0.15, 0.2) is 0 Å². The Morgan fingerprint density at radius 3 is 2.31 bits per heavy atom. The first-order valence-electron chi connectivity index (χ1n) is 4.63. The molecule has 2 rings (SSSR count). The predicted octanol–water partition coefficient (Wildman–Crippen LogP) is 0.352. The van der Waals surface area contributed by atoms with Crippen molar-refractivity contribution >= 4 is 5.97 Å². The molecule has 0 radical (unpaired) electrons. The van der Waals surface area contributed by atoms with Gasteiger partial charge < -0.3 is 10.8 Å². The Bertz CT molecular complexity index is 478. The van der Waals surface area contributed by atoms with Crippen molar-refractivity contribution in [2.24, 2.45) is 5.73 Å². The summed E-state index contributed by atoms with van der Waals surface area (Å²) in [6.45, 7) is 0. The van der Waals surface area contributed by atoms with Crippen LogP contribution in [-0.4, -0.2) is 26.1 Å². The summed E-state index contributed by atoms with van der Waals surface area (Å²) in [5.74, 6) is -1.05. The van der Waals surface area contributed by atoms with Crippen LogP contribution >= 0.6 is 0 Å². The van der Waals surface area contributed by atoms with Gasteiger partial charge in [0.25, 0.3) is 0 Å². The van der Waals surface area contributed by atoms with Crippen LogP contribution in [0.2, 0.25) is 0 Å². The third-order valence-corrected chi connectivity index (χ3v) is 2.17. The number of aliphatic carboxylic acids is 1. The van der Waals surface area contributed by atoms with E-state index in [-0.39, 0.29) is 0 Å². The number of nitrogens with two attached hydrogens (primary N) is 1. The first-order valence-corrected chi connectivity index (χ1v) is 4.63. The molecule has 1 atom stereocenters. The van der Waals surface area contributed by atoms with E-state index in [2.05, 4.69) is 10.2 Å². The predicted molar refractivity (Wildman–Crippen MR) is 55.9 cm³/mol. The number of hydrogen-bond donors (Lipinski definition) is 2. The number of benzene rings is 1. The average Bonchev–Trinajstić information content (AvgIpc) is 2.81. The third kappa shape index (κ3) is 1.91. The molecule has 0 aliphatic rings. The second-order valence-electron chi connectivity index (χ2n) is 3.23. The van der Waals surface area contributed by atoms with Crippen molar-refractivity contribution in [3.05, 3.63) is 42.2 Å². The van der Waals surface area contributed by atoms with Gasteiger partial charge in [0, 0.05) is 0 Å². The molecule has 0 fully saturated rings. The number of carbonyl (C=O) groups is 1. The number of hydrogen-bond acceptors (Lipinski definition) is 4. The van der Waals surface area contributed by atoms with Gasteiger partial charge in [-0.25, -0.2) is 0 Å². The van der Waals surface area contributed by atoms with E-state index in [1.54, 1.807) is 36.7 Å². The Balaban J connectivity index is 2.26. The lowest BCUT2D eigenvalue weighted by Crippen LogP contribution is -2.20. The Hall–Kier alpha value is -2.21. The molecular weight excluding hydrogens is 208 g/mol. The summed E-state index contributed by atoms with van der Waals surface area (Å²) in [6.07, 6.45) is 3.13. The first-order chi connectivity index (χ1) is 7.68. The molecule has 6 heteroatoms. The van der Waals surface area contributed by atoms with Crippen LogP contribution in [0.15, 0.2) is 36.7 Å². The number of aromatic nitrogens is 3. The Kier molecular flexibility index (Phi) is 2.65. The average molecular weight is 218 g/mol. The van der Waals surface area contributed by atoms with E-state index in [0.717, 1.165) is 5.69 Å². The summed E-state index contributed by atoms with van der Waals surface area (Å²) in [4.78, 5) is 12.1. The Labute approximate surface area is 91.3 Å². The lowest BCUT2D eigenvalue weighted by molar-refractivity contribution is -0.138. The van der Waals surface area contributed by atoms with Crippen molar-refractivity contribution in [2.75, 3.05) is 0 Å². The van der Waals surface area contributed by atoms with Crippen LogP contribution in [0.1, 0.15) is 11.6 Å². The van der Waals surface area contributed by atoms with Gasteiger partial charge in [-0.2, -0.15) is 15.0 Å². The van der Waals surface area contributed by atoms with Crippen LogP contribution in [0.5, 0.6) is 0 Å². The quantitative estimate of drug-likeness (QED) is 0.775. The van der Waals surface area contributed by atoms with E-state index < -0.39 is 12.0 Å². The van der Waals surface area contributed by atoms with Gasteiger partial charge in [0.05, 0.1) is 18.1 Å². The fourth-order valence-electron chi connectivity index (χ4n) is 1.31. The second-order valence-corrected chi connectivity index (χ2v) is 3.23. The van der Waals surface area contributed by atoms with Gasteiger partial charge in [-0.1, -0.05) is 12.1 Å². The summed E-state index contributed by atoms with van der Waals surface area (Å²) in [6, 6.07) is 5.74. The fraction of sp³-hybridized carbons (Fsp3) is 0.100. The Morgan fingerprint density at radius 1 is 1.25 bits per heavy atom. The van der Waals surface area contributed by atoms with Crippen LogP contribution in [0.4, 0.5) is 0 Å². The maximum absolute atomic E-state index is 10.7. The highest BCUT2D eigenvalue weighted by atomic mass is 16.4. The molecule has 0 saturated heterocycles. The summed E-state index contributed by atoms with van der Waals surface area (Å²) in [7, 11) is 0. The maximum Gasteiger partial charge on any atom is 0.325 e. The molecule has 1 unspecified atom stereocenters. The number of carboxylic acids is 1. The molecule has 1 aromatic heterocycles. The first kappa shape index (κ1) is 10.3. The zero-order valence-electron chi connectivity index (χ0n) is 8.32. The SMILES string of the molecule is NC(C(=O)O)c1ccc(-n2nccn2)cc1. The summed E-state index contributed by atoms with van der Waals surface area (Å²) < 4.78 is 0. The Morgan fingerprint density at radius 2 is 1.81 bits per heavy atom. The van der Waals surface area contributed by atoms with Crippen LogP contribution < -0.4 is 5.73 Å². The van der Waals surface area contributed by atoms with E-state index >= 15 is 0 Å². The molecule has 1 heterocycles. The lowest BCUT2D eigenvalue weighted by Gasteiger charge is -2.07. The normalized spacial score (nSPS) is 12.3. The molecule has 0 saturated carbocycles. The monoisotopic (exact) mass is 218 g/mol. The minimum absolute atomic E-state index is 0.545. The van der Waals surface area contributed by atoms with Gasteiger partial charge in [0.2, 0.25) is 0 Å². The molecule has 1 aromatic carbocycles. The third-order valence-electron chi connectivity index (χ3n) is 2.17. The van der Waals surface area contributed by atoms with Gasteiger partial charge in [-0.15, -0.1) is 0 Å². The summed E-state index contributed by atoms with van der Waals surface area (Å²) in [5.41, 5.74) is 6.77. The fourth-order valence-corrected chi connectivity index (χ4v) is 1.31. The lowest BCUT2D eigenvalue weighted by atomic mass is 10.1. The van der Waals surface area contributed by atoms with E-state index in [4.69, 9.17) is 10.8 Å². The highest BCUT2D eigenvalue weighted by Crippen LogP contribution is 2.13. The van der Waals surface area contributed by atoms with Gasteiger partial charge in [-0.05, 0) is 17.7 Å². The summed E-state index contributed by atoms with van der Waals surface area (Å²) in [5, 5.41) is 16.6. The van der Waals surface area contributed by atoms with E-state index in [9.17, 15) is 4.79 Å². The zero-order valence-corrected chi connectivity index (χ0v) is 8.32. The van der Waals surface area contributed by atoms with Crippen LogP contribution in [0, 0.1) is 0 Å². The molecule has 6 nitrogen and oxygen atoms in total. The highest BCUT2D eigenvalue weighted by Gasteiger charge is 2.13. The van der Waals surface area contributed by atoms with Crippen molar-refractivity contribution in [3.63, 3.8) is 0 Å². The van der Waals surface area contributed by atoms with Crippen LogP contribution in [0.25, 0.3) is 5.69 Å². The minimum Gasteiger partial charge on any atom is -0.480 e. The van der Waals surface area contributed by atoms with Crippen molar-refractivity contribution < 1.29 is 9.90 Å². The van der Waals surface area contributed by atoms with E-state index in [0.29, 0.717) is 5.56 Å². The summed E-state index contributed by atoms with van der Waals surface area (Å²) >= 11 is 0. The largest absolute Gasteiger partial charge is 0.480 e. The number of carboxylic acid groups (broad SMARTS) is 1. The molecule has 0 bridgehead atoms. The van der Waals surface area contributed by atoms with Crippen molar-refractivity contribution in [1.29, 1.82) is 0 Å². The molecular formula is C10H10N4O2. The van der Waals surface area contributed by atoms with E-state index in [1.807, 2.05) is 0 Å². The zero-order chi connectivity index (χ0) is 11.5. The molecule has 82 valence electrons. The van der Waals surface area contributed by atoms with Gasteiger partial charge in [-0.3, -0.25) is 4.79 Å². The molecule has 0 spiro atoms. The van der Waals surface area contributed by atoms with Crippen molar-refractivity contribution in [2.45, 2.75) is 6.04 Å². The standard InChI is InChI=1S/C10H10N4O2/c11-9(10(15)16)7-1-3-8(4-2-7)14-12-5-6-13-14/h1-6,9H,11H2,(H,15,16). The minimum atomic E-state index is -1.05. The van der Waals surface area contributed by atoms with Crippen molar-refractivity contribution in [1.82, 2.24) is 15.0 Å². The molecule has 2 aromatic rings. The maximum atomic E-state index is 10.7. The molecule has 0 aliphatic heterocycles. The molecule has 16 heavy (non-hydrogen) atoms. The number of rotatable bonds is 3. The van der Waals surface area contributed by atoms with E-state index in [1.165, 1.54) is 4.80 Å². The molecule has 3 N–H and O–H groups in total. The smallest absolute Gasteiger partial charge is 0.325 e. The topological polar surface area (TPSA) is 94.0 Å². The molecule has 0 aliphatic carbocycles. The van der Waals surface area contributed by atoms with Crippen LogP contribution in [0.3, 0.4) is 0 Å². The second kappa shape index (κ2) is 4.11. The van der Waals surface area contributed by atoms with Crippen molar-refractivity contribution in [3.8, 4) is 5.69 Å². The van der Waals surface area contributed by atoms with Crippen LogP contribution in [-0.2, 0) is 4.79 Å².